The summed E-state index contributed by atoms with van der Waals surface area (Å²) in [7, 11) is 0. The number of hydrogen-bond donors (Lipinski definition) is 2. The Bertz CT molecular complexity index is 473. The zero-order chi connectivity index (χ0) is 11.0. The van der Waals surface area contributed by atoms with Crippen LogP contribution in [-0.2, 0) is 0 Å². The summed E-state index contributed by atoms with van der Waals surface area (Å²) in [5.41, 5.74) is 2.29. The average Bonchev–Trinajstić information content (AvgIpc) is 2.96. The maximum Gasteiger partial charge on any atom is 0.139 e. The lowest BCUT2D eigenvalue weighted by Gasteiger charge is -2.23. The third kappa shape index (κ3) is 1.50. The Kier molecular flexibility index (Phi) is 2.38. The van der Waals surface area contributed by atoms with Crippen LogP contribution in [0.1, 0.15) is 5.01 Å². The van der Waals surface area contributed by atoms with Gasteiger partial charge in [-0.1, -0.05) is 18.2 Å². The number of aliphatic hydroxyl groups is 1. The van der Waals surface area contributed by atoms with Crippen LogP contribution in [0.5, 0.6) is 0 Å². The molecule has 0 spiro atoms. The summed E-state index contributed by atoms with van der Waals surface area (Å²) in [6, 6.07) is 0.203. The molecule has 0 aromatic carbocycles. The van der Waals surface area contributed by atoms with Gasteiger partial charge in [0, 0.05) is 17.5 Å². The second-order valence-electron chi connectivity index (χ2n) is 3.92. The molecule has 0 saturated carbocycles. The Morgan fingerprint density at radius 2 is 2.44 bits per heavy atom. The first-order valence-electron chi connectivity index (χ1n) is 5.26. The van der Waals surface area contributed by atoms with E-state index in [2.05, 4.69) is 22.5 Å². The minimum absolute atomic E-state index is 0.161. The van der Waals surface area contributed by atoms with Crippen molar-refractivity contribution in [2.24, 2.45) is 5.92 Å². The van der Waals surface area contributed by atoms with Gasteiger partial charge < -0.3 is 10.4 Å². The summed E-state index contributed by atoms with van der Waals surface area (Å²) in [6.45, 7) is 0.171. The summed E-state index contributed by atoms with van der Waals surface area (Å²) in [4.78, 5) is 4.28. The monoisotopic (exact) mass is 232 g/mol. The van der Waals surface area contributed by atoms with Crippen molar-refractivity contribution in [1.29, 1.82) is 0 Å². The minimum Gasteiger partial charge on any atom is -0.396 e. The second-order valence-corrected chi connectivity index (χ2v) is 4.81. The molecule has 2 unspecified atom stereocenters. The maximum atomic E-state index is 9.30. The third-order valence-electron chi connectivity index (χ3n) is 2.93. The molecule has 4 heteroatoms. The quantitative estimate of drug-likeness (QED) is 0.813. The van der Waals surface area contributed by atoms with Gasteiger partial charge in [-0.05, 0) is 11.6 Å². The van der Waals surface area contributed by atoms with Crippen LogP contribution in [0.4, 0.5) is 0 Å². The SMILES string of the molecule is OCC1C=CC=C2C=C(c3nccs3)NC21. The average molecular weight is 232 g/mol. The van der Waals surface area contributed by atoms with Crippen molar-refractivity contribution in [3.63, 3.8) is 0 Å². The van der Waals surface area contributed by atoms with E-state index in [1.54, 1.807) is 17.5 Å². The number of aliphatic hydroxyl groups excluding tert-OH is 1. The molecule has 0 saturated heterocycles. The van der Waals surface area contributed by atoms with Crippen LogP contribution in [0.15, 0.2) is 41.5 Å². The molecule has 0 radical (unpaired) electrons. The first kappa shape index (κ1) is 9.81. The third-order valence-corrected chi connectivity index (χ3v) is 3.74. The highest BCUT2D eigenvalue weighted by atomic mass is 32.1. The molecule has 2 aliphatic rings. The summed E-state index contributed by atoms with van der Waals surface area (Å²) in [6.07, 6.45) is 10.1. The summed E-state index contributed by atoms with van der Waals surface area (Å²) >= 11 is 1.62. The van der Waals surface area contributed by atoms with E-state index in [9.17, 15) is 5.11 Å². The van der Waals surface area contributed by atoms with Crippen LogP contribution in [0.25, 0.3) is 5.70 Å². The van der Waals surface area contributed by atoms with Crippen molar-refractivity contribution in [2.45, 2.75) is 6.04 Å². The fraction of sp³-hybridized carbons (Fsp3) is 0.250. The molecule has 2 heterocycles. The van der Waals surface area contributed by atoms with Crippen LogP contribution in [0, 0.1) is 5.92 Å². The molecule has 1 aliphatic carbocycles. The van der Waals surface area contributed by atoms with Gasteiger partial charge in [0.15, 0.2) is 0 Å². The lowest BCUT2D eigenvalue weighted by atomic mass is 9.91. The minimum atomic E-state index is 0.161. The van der Waals surface area contributed by atoms with Gasteiger partial charge in [-0.2, -0.15) is 0 Å². The molecule has 16 heavy (non-hydrogen) atoms. The van der Waals surface area contributed by atoms with Crippen LogP contribution in [0.2, 0.25) is 0 Å². The first-order valence-corrected chi connectivity index (χ1v) is 6.14. The normalized spacial score (nSPS) is 27.1. The molecule has 1 aromatic rings. The molecular formula is C12H12N2OS. The summed E-state index contributed by atoms with van der Waals surface area (Å²) in [5.74, 6) is 0.161. The predicted octanol–water partition coefficient (Wildman–Crippen LogP) is 1.56. The molecule has 82 valence electrons. The Balaban J connectivity index is 1.91. The molecule has 1 aromatic heterocycles. The number of hydrogen-bond acceptors (Lipinski definition) is 4. The van der Waals surface area contributed by atoms with E-state index in [0.29, 0.717) is 0 Å². The van der Waals surface area contributed by atoms with Gasteiger partial charge in [0.2, 0.25) is 0 Å². The van der Waals surface area contributed by atoms with E-state index in [4.69, 9.17) is 0 Å². The number of thiazole rings is 1. The van der Waals surface area contributed by atoms with Crippen molar-refractivity contribution < 1.29 is 5.11 Å². The van der Waals surface area contributed by atoms with Crippen LogP contribution >= 0.6 is 11.3 Å². The molecule has 2 N–H and O–H groups in total. The zero-order valence-electron chi connectivity index (χ0n) is 8.63. The van der Waals surface area contributed by atoms with E-state index >= 15 is 0 Å². The van der Waals surface area contributed by atoms with Crippen LogP contribution in [-0.4, -0.2) is 22.7 Å². The number of nitrogens with zero attached hydrogens (tertiary/aromatic N) is 1. The fourth-order valence-electron chi connectivity index (χ4n) is 2.12. The van der Waals surface area contributed by atoms with Gasteiger partial charge >= 0.3 is 0 Å². The van der Waals surface area contributed by atoms with E-state index in [-0.39, 0.29) is 18.6 Å². The summed E-state index contributed by atoms with van der Waals surface area (Å²) < 4.78 is 0. The number of aromatic nitrogens is 1. The largest absolute Gasteiger partial charge is 0.396 e. The van der Waals surface area contributed by atoms with Gasteiger partial charge in [0.05, 0.1) is 18.3 Å². The van der Waals surface area contributed by atoms with Crippen molar-refractivity contribution >= 4 is 17.0 Å². The summed E-state index contributed by atoms with van der Waals surface area (Å²) in [5, 5.41) is 15.7. The molecule has 3 nitrogen and oxygen atoms in total. The molecule has 0 bridgehead atoms. The maximum absolute atomic E-state index is 9.30. The van der Waals surface area contributed by atoms with E-state index in [1.807, 2.05) is 17.5 Å². The first-order chi connectivity index (χ1) is 7.88. The van der Waals surface area contributed by atoms with Gasteiger partial charge in [-0.25, -0.2) is 4.98 Å². The van der Waals surface area contributed by atoms with Crippen LogP contribution in [0.3, 0.4) is 0 Å². The molecule has 1 aliphatic heterocycles. The highest BCUT2D eigenvalue weighted by molar-refractivity contribution is 7.10. The number of rotatable bonds is 2. The topological polar surface area (TPSA) is 45.2 Å². The van der Waals surface area contributed by atoms with Gasteiger partial charge in [0.25, 0.3) is 0 Å². The second kappa shape index (κ2) is 3.88. The highest BCUT2D eigenvalue weighted by Crippen LogP contribution is 2.31. The Morgan fingerprint density at radius 3 is 3.19 bits per heavy atom. The zero-order valence-corrected chi connectivity index (χ0v) is 9.45. The van der Waals surface area contributed by atoms with E-state index in [0.717, 1.165) is 10.7 Å². The molecule has 0 fully saturated rings. The Labute approximate surface area is 97.8 Å². The van der Waals surface area contributed by atoms with Crippen molar-refractivity contribution in [1.82, 2.24) is 10.3 Å². The van der Waals surface area contributed by atoms with Gasteiger partial charge in [-0.3, -0.25) is 0 Å². The van der Waals surface area contributed by atoms with Crippen LogP contribution < -0.4 is 5.32 Å². The van der Waals surface area contributed by atoms with E-state index in [1.165, 1.54) is 5.57 Å². The molecular weight excluding hydrogens is 220 g/mol. The van der Waals surface area contributed by atoms with Gasteiger partial charge in [0.1, 0.15) is 5.01 Å². The van der Waals surface area contributed by atoms with Crippen molar-refractivity contribution in [2.75, 3.05) is 6.61 Å². The fourth-order valence-corrected chi connectivity index (χ4v) is 2.74. The van der Waals surface area contributed by atoms with Gasteiger partial charge in [-0.15, -0.1) is 11.3 Å². The molecule has 2 atom stereocenters. The van der Waals surface area contributed by atoms with Crippen molar-refractivity contribution in [3.8, 4) is 0 Å². The lowest BCUT2D eigenvalue weighted by Crippen LogP contribution is -2.34. The lowest BCUT2D eigenvalue weighted by molar-refractivity contribution is 0.237. The predicted molar refractivity (Wildman–Crippen MR) is 64.8 cm³/mol. The Morgan fingerprint density at radius 1 is 1.50 bits per heavy atom. The number of allylic oxidation sites excluding steroid dienone is 2. The standard InChI is InChI=1S/C12H12N2OS/c15-7-9-3-1-2-8-6-10(14-11(8)9)12-13-4-5-16-12/h1-6,9,11,14-15H,7H2. The molecule has 0 amide bonds. The number of nitrogens with one attached hydrogen (secondary N) is 1. The van der Waals surface area contributed by atoms with E-state index < -0.39 is 0 Å². The Hall–Kier alpha value is -1.39. The van der Waals surface area contributed by atoms with Crippen molar-refractivity contribution in [3.05, 3.63) is 46.5 Å². The molecule has 3 rings (SSSR count). The number of fused-ring (bicyclic) bond motifs is 1. The smallest absolute Gasteiger partial charge is 0.139 e. The highest BCUT2D eigenvalue weighted by Gasteiger charge is 2.29.